The van der Waals surface area contributed by atoms with Gasteiger partial charge in [-0.3, -0.25) is 4.79 Å². The first-order valence-corrected chi connectivity index (χ1v) is 15.1. The molecule has 1 amide bonds. The number of aromatic nitrogens is 4. The number of rotatable bonds is 8. The zero-order valence-electron chi connectivity index (χ0n) is 21.5. The molecular weight excluding hydrogens is 594 g/mol. The number of amides is 1. The molecule has 2 N–H and O–H groups in total. The molecule has 4 rings (SSSR count). The minimum atomic E-state index is -4.57. The van der Waals surface area contributed by atoms with Crippen LogP contribution >= 0.6 is 0 Å². The van der Waals surface area contributed by atoms with Crippen molar-refractivity contribution in [2.45, 2.75) is 42.3 Å². The SMILES string of the molecule is Cc1nnn(Cc2cc(C(F)(F)F)ccc2CCC(=O)N2CCN(S(=O)(=O)c3ccc(S(N)(=O)=O)cc3F)CC2)n1. The Morgan fingerprint density at radius 1 is 1.00 bits per heavy atom. The molecule has 41 heavy (non-hydrogen) atoms. The summed E-state index contributed by atoms with van der Waals surface area (Å²) in [5.41, 5.74) is -0.0928. The lowest BCUT2D eigenvalue weighted by molar-refractivity contribution is -0.137. The van der Waals surface area contributed by atoms with E-state index in [-0.39, 0.29) is 57.0 Å². The fraction of sp³-hybridized carbons (Fsp3) is 0.391. The van der Waals surface area contributed by atoms with Crippen molar-refractivity contribution in [1.82, 2.24) is 29.4 Å². The lowest BCUT2D eigenvalue weighted by Crippen LogP contribution is -2.50. The van der Waals surface area contributed by atoms with Gasteiger partial charge in [0.2, 0.25) is 26.0 Å². The highest BCUT2D eigenvalue weighted by Gasteiger charge is 2.33. The van der Waals surface area contributed by atoms with Gasteiger partial charge in [-0.05, 0) is 60.0 Å². The van der Waals surface area contributed by atoms with Crippen molar-refractivity contribution < 1.29 is 39.2 Å². The van der Waals surface area contributed by atoms with Gasteiger partial charge in [0, 0.05) is 32.6 Å². The fourth-order valence-corrected chi connectivity index (χ4v) is 6.31. The number of hydrogen-bond donors (Lipinski definition) is 1. The summed E-state index contributed by atoms with van der Waals surface area (Å²) in [5.74, 6) is -1.27. The fourth-order valence-electron chi connectivity index (χ4n) is 4.32. The number of aryl methyl sites for hydroxylation is 2. The van der Waals surface area contributed by atoms with Crippen LogP contribution in [-0.4, -0.2) is 78.3 Å². The van der Waals surface area contributed by atoms with Crippen molar-refractivity contribution in [1.29, 1.82) is 0 Å². The summed E-state index contributed by atoms with van der Waals surface area (Å²) in [7, 11) is -8.57. The maximum absolute atomic E-state index is 14.5. The molecule has 0 atom stereocenters. The van der Waals surface area contributed by atoms with Gasteiger partial charge >= 0.3 is 6.18 Å². The van der Waals surface area contributed by atoms with Crippen molar-refractivity contribution in [3.8, 4) is 0 Å². The van der Waals surface area contributed by atoms with Crippen LogP contribution in [0.3, 0.4) is 0 Å². The van der Waals surface area contributed by atoms with E-state index < -0.39 is 47.4 Å². The molecule has 0 radical (unpaired) electrons. The van der Waals surface area contributed by atoms with Gasteiger partial charge in [0.25, 0.3) is 0 Å². The van der Waals surface area contributed by atoms with Gasteiger partial charge in [0.05, 0.1) is 17.0 Å². The van der Waals surface area contributed by atoms with Gasteiger partial charge in [0.15, 0.2) is 5.82 Å². The third-order valence-corrected chi connectivity index (χ3v) is 9.29. The Morgan fingerprint density at radius 2 is 1.68 bits per heavy atom. The summed E-state index contributed by atoms with van der Waals surface area (Å²) in [4.78, 5) is 14.2. The Morgan fingerprint density at radius 3 is 2.24 bits per heavy atom. The first kappa shape index (κ1) is 30.5. The predicted octanol–water partition coefficient (Wildman–Crippen LogP) is 1.30. The average molecular weight is 620 g/mol. The highest BCUT2D eigenvalue weighted by molar-refractivity contribution is 7.89. The van der Waals surface area contributed by atoms with Crippen molar-refractivity contribution in [2.24, 2.45) is 5.14 Å². The Labute approximate surface area is 232 Å². The van der Waals surface area contributed by atoms with Gasteiger partial charge in [0.1, 0.15) is 10.7 Å². The molecule has 0 saturated carbocycles. The normalized spacial score (nSPS) is 15.3. The minimum Gasteiger partial charge on any atom is -0.340 e. The van der Waals surface area contributed by atoms with Crippen LogP contribution in [-0.2, 0) is 44.0 Å². The average Bonchev–Trinajstić information content (AvgIpc) is 3.30. The molecule has 3 aromatic rings. The molecule has 1 aromatic heterocycles. The first-order valence-electron chi connectivity index (χ1n) is 12.1. The van der Waals surface area contributed by atoms with Crippen molar-refractivity contribution in [3.05, 3.63) is 64.7 Å². The number of tetrazole rings is 1. The third kappa shape index (κ3) is 7.06. The van der Waals surface area contributed by atoms with Crippen LogP contribution in [0.5, 0.6) is 0 Å². The van der Waals surface area contributed by atoms with Crippen LogP contribution in [0, 0.1) is 12.7 Å². The van der Waals surface area contributed by atoms with Crippen LogP contribution in [0.2, 0.25) is 0 Å². The molecule has 1 saturated heterocycles. The van der Waals surface area contributed by atoms with Gasteiger partial charge < -0.3 is 4.90 Å². The summed E-state index contributed by atoms with van der Waals surface area (Å²) >= 11 is 0. The molecule has 1 fully saturated rings. The molecule has 2 aromatic carbocycles. The monoisotopic (exact) mass is 619 g/mol. The first-order chi connectivity index (χ1) is 19.1. The number of alkyl halides is 3. The smallest absolute Gasteiger partial charge is 0.340 e. The van der Waals surface area contributed by atoms with Crippen LogP contribution < -0.4 is 5.14 Å². The predicted molar refractivity (Wildman–Crippen MR) is 135 cm³/mol. The Bertz CT molecular complexity index is 1670. The Kier molecular flexibility index (Phi) is 8.49. The van der Waals surface area contributed by atoms with E-state index in [0.717, 1.165) is 33.4 Å². The molecule has 222 valence electrons. The summed E-state index contributed by atoms with van der Waals surface area (Å²) in [6, 6.07) is 5.45. The molecule has 0 aliphatic carbocycles. The van der Waals surface area contributed by atoms with Crippen LogP contribution in [0.1, 0.15) is 28.9 Å². The highest BCUT2D eigenvalue weighted by Crippen LogP contribution is 2.31. The summed E-state index contributed by atoms with van der Waals surface area (Å²) in [6.45, 7) is 1.20. The van der Waals surface area contributed by atoms with E-state index in [1.807, 2.05) is 0 Å². The van der Waals surface area contributed by atoms with Crippen LogP contribution in [0.15, 0.2) is 46.2 Å². The molecule has 12 nitrogen and oxygen atoms in total. The standard InChI is InChI=1S/C23H25F4N7O5S2/c1-15-29-31-34(30-15)14-17-12-18(23(25,26)27)4-2-16(17)3-7-22(35)32-8-10-33(11-9-32)41(38,39)21-6-5-19(13-20(21)24)40(28,36)37/h2,4-6,12-13H,3,7-11,14H2,1H3,(H2,28,36,37). The molecule has 1 aliphatic rings. The highest BCUT2D eigenvalue weighted by atomic mass is 32.2. The number of carbonyl (C=O) groups is 1. The van der Waals surface area contributed by atoms with Crippen molar-refractivity contribution >= 4 is 26.0 Å². The summed E-state index contributed by atoms with van der Waals surface area (Å²) in [5, 5.41) is 16.5. The zero-order chi connectivity index (χ0) is 30.2. The lowest BCUT2D eigenvalue weighted by atomic mass is 9.99. The van der Waals surface area contributed by atoms with Crippen LogP contribution in [0.4, 0.5) is 17.6 Å². The second-order valence-corrected chi connectivity index (χ2v) is 12.7. The van der Waals surface area contributed by atoms with E-state index in [0.29, 0.717) is 17.5 Å². The number of benzene rings is 2. The zero-order valence-corrected chi connectivity index (χ0v) is 23.2. The topological polar surface area (TPSA) is 161 Å². The third-order valence-electron chi connectivity index (χ3n) is 6.45. The van der Waals surface area contributed by atoms with Gasteiger partial charge in [-0.25, -0.2) is 26.4 Å². The number of nitrogens with zero attached hydrogens (tertiary/aromatic N) is 6. The molecule has 1 aliphatic heterocycles. The van der Waals surface area contributed by atoms with E-state index in [1.54, 1.807) is 6.92 Å². The van der Waals surface area contributed by atoms with E-state index >= 15 is 0 Å². The summed E-state index contributed by atoms with van der Waals surface area (Å²) < 4.78 is 104. The van der Waals surface area contributed by atoms with E-state index in [2.05, 4.69) is 15.4 Å². The summed E-state index contributed by atoms with van der Waals surface area (Å²) in [6.07, 6.45) is -4.51. The van der Waals surface area contributed by atoms with E-state index in [1.165, 1.54) is 11.0 Å². The second-order valence-electron chi connectivity index (χ2n) is 9.27. The largest absolute Gasteiger partial charge is 0.416 e. The van der Waals surface area contributed by atoms with Crippen molar-refractivity contribution in [3.63, 3.8) is 0 Å². The number of piperazine rings is 1. The van der Waals surface area contributed by atoms with Gasteiger partial charge in [-0.15, -0.1) is 10.2 Å². The maximum atomic E-state index is 14.5. The van der Waals surface area contributed by atoms with E-state index in [4.69, 9.17) is 5.14 Å². The molecule has 18 heteroatoms. The molecule has 2 heterocycles. The lowest BCUT2D eigenvalue weighted by Gasteiger charge is -2.34. The number of carbonyl (C=O) groups excluding carboxylic acids is 1. The molecular formula is C23H25F4N7O5S2. The Hall–Kier alpha value is -3.48. The van der Waals surface area contributed by atoms with Gasteiger partial charge in [-0.1, -0.05) is 6.07 Å². The van der Waals surface area contributed by atoms with Crippen molar-refractivity contribution in [2.75, 3.05) is 26.2 Å². The van der Waals surface area contributed by atoms with Gasteiger partial charge in [-0.2, -0.15) is 22.3 Å². The maximum Gasteiger partial charge on any atom is 0.416 e. The van der Waals surface area contributed by atoms with Crippen LogP contribution in [0.25, 0.3) is 0 Å². The number of hydrogen-bond acceptors (Lipinski definition) is 8. The minimum absolute atomic E-state index is 0.00301. The molecule has 0 spiro atoms. The Balaban J connectivity index is 1.41. The number of primary sulfonamides is 1. The number of halogens is 4. The quantitative estimate of drug-likeness (QED) is 0.369. The molecule has 0 unspecified atom stereocenters. The second kappa shape index (κ2) is 11.4. The number of nitrogens with two attached hydrogens (primary N) is 1. The molecule has 0 bridgehead atoms. The van der Waals surface area contributed by atoms with E-state index in [9.17, 15) is 39.2 Å². The number of sulfonamides is 2.